The molecule has 0 unspecified atom stereocenters. The maximum absolute atomic E-state index is 7.40. The van der Waals surface area contributed by atoms with Crippen LogP contribution in [0.3, 0.4) is 0 Å². The van der Waals surface area contributed by atoms with Crippen molar-refractivity contribution in [3.8, 4) is 0 Å². The number of hydrogen-bond donors (Lipinski definition) is 1. The maximum Gasteiger partial charge on any atom is 0.0140 e. The molecule has 0 fully saturated rings. The summed E-state index contributed by atoms with van der Waals surface area (Å²) in [5.41, 5.74) is 0.852. The summed E-state index contributed by atoms with van der Waals surface area (Å²) in [7, 11) is 0. The molecular formula is C7H16ClN. The van der Waals surface area contributed by atoms with Crippen LogP contribution in [0.1, 0.15) is 27.7 Å². The molecule has 2 heteroatoms. The summed E-state index contributed by atoms with van der Waals surface area (Å²) < 4.78 is 0. The zero-order valence-corrected chi connectivity index (χ0v) is 7.38. The molecule has 0 aromatic rings. The van der Waals surface area contributed by atoms with Gasteiger partial charge in [0, 0.05) is 5.71 Å². The van der Waals surface area contributed by atoms with Gasteiger partial charge in [0.05, 0.1) is 0 Å². The van der Waals surface area contributed by atoms with E-state index >= 15 is 0 Å². The molecule has 0 aliphatic heterocycles. The summed E-state index contributed by atoms with van der Waals surface area (Å²) in [6.07, 6.45) is 0. The van der Waals surface area contributed by atoms with Crippen LogP contribution in [0, 0.1) is 17.2 Å². The van der Waals surface area contributed by atoms with E-state index in [1.807, 2.05) is 0 Å². The van der Waals surface area contributed by atoms with Crippen LogP contribution in [0.2, 0.25) is 0 Å². The molecule has 0 bridgehead atoms. The van der Waals surface area contributed by atoms with Crippen molar-refractivity contribution in [2.75, 3.05) is 0 Å². The molecule has 0 rings (SSSR count). The summed E-state index contributed by atoms with van der Waals surface area (Å²) in [6.45, 7) is 8.23. The zero-order valence-electron chi connectivity index (χ0n) is 6.56. The van der Waals surface area contributed by atoms with E-state index in [-0.39, 0.29) is 12.4 Å². The Hall–Kier alpha value is -0.0400. The van der Waals surface area contributed by atoms with E-state index in [0.29, 0.717) is 11.8 Å². The van der Waals surface area contributed by atoms with Gasteiger partial charge in [0.1, 0.15) is 0 Å². The Kier molecular flexibility index (Phi) is 6.25. The third kappa shape index (κ3) is 4.46. The van der Waals surface area contributed by atoms with Gasteiger partial charge in [0.2, 0.25) is 0 Å². The summed E-state index contributed by atoms with van der Waals surface area (Å²) in [6, 6.07) is 0. The molecular weight excluding hydrogens is 134 g/mol. The van der Waals surface area contributed by atoms with Gasteiger partial charge in [-0.2, -0.15) is 0 Å². The molecule has 0 saturated heterocycles. The minimum absolute atomic E-state index is 0. The van der Waals surface area contributed by atoms with Crippen LogP contribution >= 0.6 is 12.4 Å². The van der Waals surface area contributed by atoms with Crippen molar-refractivity contribution < 1.29 is 0 Å². The highest BCUT2D eigenvalue weighted by Crippen LogP contribution is 2.04. The third-order valence-corrected chi connectivity index (χ3v) is 1.24. The van der Waals surface area contributed by atoms with Crippen LogP contribution in [-0.2, 0) is 0 Å². The minimum Gasteiger partial charge on any atom is -0.309 e. The molecule has 9 heavy (non-hydrogen) atoms. The normalized spacial score (nSPS) is 9.56. The topological polar surface area (TPSA) is 23.9 Å². The molecule has 0 atom stereocenters. The van der Waals surface area contributed by atoms with Gasteiger partial charge in [0.15, 0.2) is 0 Å². The largest absolute Gasteiger partial charge is 0.309 e. The number of halogens is 1. The molecule has 0 amide bonds. The average Bonchev–Trinajstić information content (AvgIpc) is 1.64. The fraction of sp³-hybridized carbons (Fsp3) is 0.857. The molecule has 0 radical (unpaired) electrons. The lowest BCUT2D eigenvalue weighted by atomic mass is 9.98. The van der Waals surface area contributed by atoms with Crippen LogP contribution in [-0.4, -0.2) is 5.71 Å². The van der Waals surface area contributed by atoms with E-state index in [4.69, 9.17) is 5.41 Å². The van der Waals surface area contributed by atoms with E-state index < -0.39 is 0 Å². The summed E-state index contributed by atoms with van der Waals surface area (Å²) >= 11 is 0. The van der Waals surface area contributed by atoms with E-state index in [2.05, 4.69) is 27.7 Å². The monoisotopic (exact) mass is 149 g/mol. The standard InChI is InChI=1S/C7H15N.ClH/c1-5(2)7(8)6(3)4;/h5-6,8H,1-4H3;1H. The van der Waals surface area contributed by atoms with Gasteiger partial charge in [0.25, 0.3) is 0 Å². The fourth-order valence-electron chi connectivity index (χ4n) is 0.667. The molecule has 0 aliphatic carbocycles. The number of rotatable bonds is 2. The first-order valence-electron chi connectivity index (χ1n) is 3.14. The first-order chi connectivity index (χ1) is 3.55. The van der Waals surface area contributed by atoms with Gasteiger partial charge in [-0.25, -0.2) is 0 Å². The van der Waals surface area contributed by atoms with Crippen LogP contribution < -0.4 is 0 Å². The molecule has 0 spiro atoms. The summed E-state index contributed by atoms with van der Waals surface area (Å²) in [5.74, 6) is 0.852. The van der Waals surface area contributed by atoms with Crippen molar-refractivity contribution in [2.45, 2.75) is 27.7 Å². The lowest BCUT2D eigenvalue weighted by Crippen LogP contribution is -2.12. The molecule has 0 aliphatic rings. The van der Waals surface area contributed by atoms with Crippen molar-refractivity contribution >= 4 is 18.1 Å². The second-order valence-corrected chi connectivity index (χ2v) is 2.76. The Labute approximate surface area is 63.8 Å². The predicted molar refractivity (Wildman–Crippen MR) is 44.7 cm³/mol. The lowest BCUT2D eigenvalue weighted by molar-refractivity contribution is 0.756. The van der Waals surface area contributed by atoms with Crippen molar-refractivity contribution in [1.29, 1.82) is 5.41 Å². The predicted octanol–water partition coefficient (Wildman–Crippen LogP) is 2.74. The number of nitrogens with one attached hydrogen (secondary N) is 1. The molecule has 1 N–H and O–H groups in total. The highest BCUT2D eigenvalue weighted by Gasteiger charge is 2.05. The van der Waals surface area contributed by atoms with E-state index in [1.165, 1.54) is 0 Å². The maximum atomic E-state index is 7.40. The smallest absolute Gasteiger partial charge is 0.0140 e. The van der Waals surface area contributed by atoms with Crippen LogP contribution in [0.4, 0.5) is 0 Å². The highest BCUT2D eigenvalue weighted by atomic mass is 35.5. The lowest BCUT2D eigenvalue weighted by Gasteiger charge is -2.09. The molecule has 0 aromatic carbocycles. The van der Waals surface area contributed by atoms with Crippen LogP contribution in [0.5, 0.6) is 0 Å². The van der Waals surface area contributed by atoms with Crippen LogP contribution in [0.15, 0.2) is 0 Å². The van der Waals surface area contributed by atoms with Crippen molar-refractivity contribution in [3.05, 3.63) is 0 Å². The third-order valence-electron chi connectivity index (χ3n) is 1.24. The van der Waals surface area contributed by atoms with E-state index in [9.17, 15) is 0 Å². The highest BCUT2D eigenvalue weighted by molar-refractivity contribution is 5.85. The zero-order chi connectivity index (χ0) is 6.73. The fourth-order valence-corrected chi connectivity index (χ4v) is 0.667. The SMILES string of the molecule is CC(C)C(=N)C(C)C.Cl. The first-order valence-corrected chi connectivity index (χ1v) is 3.14. The van der Waals surface area contributed by atoms with E-state index in [1.54, 1.807) is 0 Å². The summed E-state index contributed by atoms with van der Waals surface area (Å²) in [5, 5.41) is 7.40. The Morgan fingerprint density at radius 2 is 1.22 bits per heavy atom. The van der Waals surface area contributed by atoms with Crippen molar-refractivity contribution in [1.82, 2.24) is 0 Å². The van der Waals surface area contributed by atoms with Gasteiger partial charge >= 0.3 is 0 Å². The second kappa shape index (κ2) is 4.80. The second-order valence-electron chi connectivity index (χ2n) is 2.76. The van der Waals surface area contributed by atoms with Gasteiger partial charge in [-0.15, -0.1) is 12.4 Å². The van der Waals surface area contributed by atoms with Gasteiger partial charge in [-0.3, -0.25) is 0 Å². The van der Waals surface area contributed by atoms with E-state index in [0.717, 1.165) is 5.71 Å². The molecule has 0 heterocycles. The summed E-state index contributed by atoms with van der Waals surface area (Å²) in [4.78, 5) is 0. The van der Waals surface area contributed by atoms with Crippen LogP contribution in [0.25, 0.3) is 0 Å². The van der Waals surface area contributed by atoms with Crippen molar-refractivity contribution in [3.63, 3.8) is 0 Å². The number of hydrogen-bond acceptors (Lipinski definition) is 1. The van der Waals surface area contributed by atoms with Crippen molar-refractivity contribution in [2.24, 2.45) is 11.8 Å². The van der Waals surface area contributed by atoms with Gasteiger partial charge in [-0.1, -0.05) is 27.7 Å². The minimum atomic E-state index is 0. The quantitative estimate of drug-likeness (QED) is 0.584. The Bertz CT molecular complexity index is 76.9. The molecule has 1 nitrogen and oxygen atoms in total. The Morgan fingerprint density at radius 1 is 1.00 bits per heavy atom. The average molecular weight is 150 g/mol. The Morgan fingerprint density at radius 3 is 1.22 bits per heavy atom. The van der Waals surface area contributed by atoms with Gasteiger partial charge < -0.3 is 5.41 Å². The molecule has 56 valence electrons. The Balaban J connectivity index is 0. The molecule has 0 aromatic heterocycles. The first kappa shape index (κ1) is 11.7. The molecule has 0 saturated carbocycles. The van der Waals surface area contributed by atoms with Gasteiger partial charge in [-0.05, 0) is 11.8 Å².